The molecule has 1 amide bonds. The van der Waals surface area contributed by atoms with E-state index in [9.17, 15) is 14.7 Å². The van der Waals surface area contributed by atoms with Crippen LogP contribution in [0.1, 0.15) is 66.2 Å². The van der Waals surface area contributed by atoms with Crippen molar-refractivity contribution >= 4 is 11.7 Å². The van der Waals surface area contributed by atoms with Gasteiger partial charge in [0.15, 0.2) is 5.78 Å². The summed E-state index contributed by atoms with van der Waals surface area (Å²) in [7, 11) is 0. The zero-order valence-electron chi connectivity index (χ0n) is 16.6. The van der Waals surface area contributed by atoms with Crippen LogP contribution in [0.25, 0.3) is 0 Å². The fraction of sp³-hybridized carbons (Fsp3) is 0.818. The average molecular weight is 360 g/mol. The lowest BCUT2D eigenvalue weighted by Gasteiger charge is -2.64. The highest BCUT2D eigenvalue weighted by molar-refractivity contribution is 5.95. The molecule has 0 spiro atoms. The van der Waals surface area contributed by atoms with E-state index < -0.39 is 0 Å². The second-order valence-corrected chi connectivity index (χ2v) is 9.90. The maximum absolute atomic E-state index is 12.7. The number of hydrogen-bond donors (Lipinski definition) is 1. The molecular formula is C22H33NO3. The van der Waals surface area contributed by atoms with Crippen molar-refractivity contribution in [1.82, 2.24) is 4.90 Å². The molecule has 3 aliphatic carbocycles. The lowest BCUT2D eigenvalue weighted by Crippen LogP contribution is -2.67. The number of likely N-dealkylation sites (tertiary alicyclic amines) is 1. The number of fused-ring (bicyclic) bond motifs is 5. The lowest BCUT2D eigenvalue weighted by molar-refractivity contribution is -0.169. The Bertz CT molecular complexity index is 670. The van der Waals surface area contributed by atoms with E-state index in [1.807, 2.05) is 0 Å². The van der Waals surface area contributed by atoms with Gasteiger partial charge < -0.3 is 10.0 Å². The van der Waals surface area contributed by atoms with Gasteiger partial charge in [-0.3, -0.25) is 9.59 Å². The largest absolute Gasteiger partial charge is 0.393 e. The van der Waals surface area contributed by atoms with Gasteiger partial charge in [0.2, 0.25) is 5.91 Å². The van der Waals surface area contributed by atoms with Crippen molar-refractivity contribution in [3.05, 3.63) is 11.6 Å². The Hall–Kier alpha value is -1.16. The number of ketones is 1. The molecule has 0 radical (unpaired) electrons. The summed E-state index contributed by atoms with van der Waals surface area (Å²) >= 11 is 0. The molecule has 0 bridgehead atoms. The lowest BCUT2D eigenvalue weighted by atomic mass is 9.49. The van der Waals surface area contributed by atoms with Gasteiger partial charge in [-0.25, -0.2) is 0 Å². The van der Waals surface area contributed by atoms with E-state index in [0.29, 0.717) is 24.3 Å². The first-order valence-corrected chi connectivity index (χ1v) is 10.4. The number of carbonyl (C=O) groups excluding carboxylic acids is 2. The fourth-order valence-electron chi connectivity index (χ4n) is 7.38. The molecule has 7 atom stereocenters. The molecule has 2 saturated carbocycles. The molecule has 1 aliphatic heterocycles. The van der Waals surface area contributed by atoms with Crippen LogP contribution < -0.4 is 0 Å². The van der Waals surface area contributed by atoms with E-state index in [4.69, 9.17) is 0 Å². The zero-order chi connectivity index (χ0) is 18.9. The van der Waals surface area contributed by atoms with Gasteiger partial charge in [0.05, 0.1) is 6.10 Å². The molecule has 4 heteroatoms. The van der Waals surface area contributed by atoms with Crippen LogP contribution >= 0.6 is 0 Å². The van der Waals surface area contributed by atoms with Gasteiger partial charge in [0, 0.05) is 24.9 Å². The van der Waals surface area contributed by atoms with Gasteiger partial charge in [-0.2, -0.15) is 0 Å². The summed E-state index contributed by atoms with van der Waals surface area (Å²) in [5.74, 6) is 1.73. The Kier molecular flexibility index (Phi) is 4.15. The summed E-state index contributed by atoms with van der Waals surface area (Å²) < 4.78 is 0. The van der Waals surface area contributed by atoms with Crippen molar-refractivity contribution in [2.45, 2.75) is 78.4 Å². The number of rotatable bonds is 1. The topological polar surface area (TPSA) is 57.6 Å². The van der Waals surface area contributed by atoms with Crippen LogP contribution in [0.5, 0.6) is 0 Å². The Balaban J connectivity index is 1.75. The van der Waals surface area contributed by atoms with Crippen LogP contribution in [0.15, 0.2) is 11.6 Å². The molecule has 4 nitrogen and oxygen atoms in total. The zero-order valence-corrected chi connectivity index (χ0v) is 16.6. The van der Waals surface area contributed by atoms with Crippen molar-refractivity contribution in [1.29, 1.82) is 0 Å². The van der Waals surface area contributed by atoms with Gasteiger partial charge in [0.1, 0.15) is 0 Å². The average Bonchev–Trinajstić information content (AvgIpc) is 2.91. The Morgan fingerprint density at radius 1 is 1.19 bits per heavy atom. The number of allylic oxidation sites excluding steroid dienone is 1. The predicted octanol–water partition coefficient (Wildman–Crippen LogP) is 3.34. The SMILES string of the molecule is CC(=O)C1=CCC2C3CCC4CC(O)CCC4(C)C3N(C(C)=O)CC12C. The summed E-state index contributed by atoms with van der Waals surface area (Å²) in [6, 6.07) is 0.254. The Morgan fingerprint density at radius 2 is 1.92 bits per heavy atom. The first-order chi connectivity index (χ1) is 12.2. The second-order valence-electron chi connectivity index (χ2n) is 9.90. The number of nitrogens with zero attached hydrogens (tertiary/aromatic N) is 1. The molecule has 0 aromatic heterocycles. The minimum absolute atomic E-state index is 0.0914. The normalized spacial score (nSPS) is 47.5. The smallest absolute Gasteiger partial charge is 0.219 e. The second kappa shape index (κ2) is 5.92. The molecule has 144 valence electrons. The summed E-state index contributed by atoms with van der Waals surface area (Å²) in [5.41, 5.74) is 0.836. The van der Waals surface area contributed by atoms with Crippen LogP contribution in [0.4, 0.5) is 0 Å². The van der Waals surface area contributed by atoms with Crippen molar-refractivity contribution in [2.24, 2.45) is 28.6 Å². The third-order valence-electron chi connectivity index (χ3n) is 8.58. The molecule has 7 unspecified atom stereocenters. The number of aliphatic hydroxyl groups excluding tert-OH is 1. The minimum atomic E-state index is -0.198. The van der Waals surface area contributed by atoms with Gasteiger partial charge in [0.25, 0.3) is 0 Å². The quantitative estimate of drug-likeness (QED) is 0.781. The van der Waals surface area contributed by atoms with E-state index in [1.54, 1.807) is 13.8 Å². The highest BCUT2D eigenvalue weighted by atomic mass is 16.3. The molecule has 0 aromatic carbocycles. The maximum atomic E-state index is 12.7. The van der Waals surface area contributed by atoms with Crippen LogP contribution in [-0.4, -0.2) is 40.4 Å². The molecule has 0 aromatic rings. The van der Waals surface area contributed by atoms with Crippen molar-refractivity contribution in [3.63, 3.8) is 0 Å². The van der Waals surface area contributed by atoms with Gasteiger partial charge in [-0.15, -0.1) is 0 Å². The molecule has 4 aliphatic rings. The molecule has 1 N–H and O–H groups in total. The monoisotopic (exact) mass is 359 g/mol. The third-order valence-corrected chi connectivity index (χ3v) is 8.58. The Morgan fingerprint density at radius 3 is 2.58 bits per heavy atom. The summed E-state index contributed by atoms with van der Waals surface area (Å²) in [5, 5.41) is 10.2. The minimum Gasteiger partial charge on any atom is -0.393 e. The van der Waals surface area contributed by atoms with Gasteiger partial charge in [-0.1, -0.05) is 19.9 Å². The van der Waals surface area contributed by atoms with Gasteiger partial charge >= 0.3 is 0 Å². The first kappa shape index (κ1) is 18.2. The summed E-state index contributed by atoms with van der Waals surface area (Å²) in [6.45, 7) is 8.61. The third kappa shape index (κ3) is 2.37. The van der Waals surface area contributed by atoms with Crippen LogP contribution in [0.3, 0.4) is 0 Å². The van der Waals surface area contributed by atoms with E-state index in [1.165, 1.54) is 0 Å². The van der Waals surface area contributed by atoms with Crippen molar-refractivity contribution < 1.29 is 14.7 Å². The summed E-state index contributed by atoms with van der Waals surface area (Å²) in [6.07, 6.45) is 7.94. The molecular weight excluding hydrogens is 326 g/mol. The van der Waals surface area contributed by atoms with E-state index in [-0.39, 0.29) is 34.7 Å². The first-order valence-electron chi connectivity index (χ1n) is 10.4. The number of Topliss-reactive ketones (excluding diaryl/α,β-unsaturated/α-hetero) is 1. The van der Waals surface area contributed by atoms with Gasteiger partial charge in [-0.05, 0) is 74.2 Å². The van der Waals surface area contributed by atoms with Crippen LogP contribution in [0, 0.1) is 28.6 Å². The molecule has 1 saturated heterocycles. The number of hydrogen-bond acceptors (Lipinski definition) is 3. The molecule has 1 heterocycles. The number of piperidine rings is 1. The molecule has 26 heavy (non-hydrogen) atoms. The van der Waals surface area contributed by atoms with Crippen LogP contribution in [-0.2, 0) is 9.59 Å². The molecule has 3 fully saturated rings. The highest BCUT2D eigenvalue weighted by Crippen LogP contribution is 2.62. The Labute approximate surface area is 157 Å². The summed E-state index contributed by atoms with van der Waals surface area (Å²) in [4.78, 5) is 27.1. The number of carbonyl (C=O) groups is 2. The van der Waals surface area contributed by atoms with E-state index in [2.05, 4.69) is 24.8 Å². The van der Waals surface area contributed by atoms with Crippen molar-refractivity contribution in [2.75, 3.05) is 6.54 Å². The number of amides is 1. The van der Waals surface area contributed by atoms with Crippen LogP contribution in [0.2, 0.25) is 0 Å². The number of aliphatic hydroxyl groups is 1. The highest BCUT2D eigenvalue weighted by Gasteiger charge is 2.62. The maximum Gasteiger partial charge on any atom is 0.219 e. The standard InChI is InChI=1S/C22H33NO3/c1-13(24)18-7-8-19-17-6-5-15-11-16(26)9-10-21(15,3)20(17)23(14(2)25)12-22(18,19)4/h7,15-17,19-20,26H,5-6,8-12H2,1-4H3. The van der Waals surface area contributed by atoms with E-state index >= 15 is 0 Å². The fourth-order valence-corrected chi connectivity index (χ4v) is 7.38. The van der Waals surface area contributed by atoms with Crippen molar-refractivity contribution in [3.8, 4) is 0 Å². The van der Waals surface area contributed by atoms with E-state index in [0.717, 1.165) is 44.1 Å². The predicted molar refractivity (Wildman–Crippen MR) is 100 cm³/mol. The molecule has 4 rings (SSSR count).